The van der Waals surface area contributed by atoms with Gasteiger partial charge in [0.15, 0.2) is 0 Å². The molecule has 110 valence electrons. The van der Waals surface area contributed by atoms with Crippen molar-refractivity contribution in [2.75, 3.05) is 5.73 Å². The Morgan fingerprint density at radius 2 is 1.68 bits per heavy atom. The first kappa shape index (κ1) is 14.6. The predicted molar refractivity (Wildman–Crippen MR) is 85.3 cm³/mol. The van der Waals surface area contributed by atoms with Crippen molar-refractivity contribution in [1.29, 1.82) is 0 Å². The van der Waals surface area contributed by atoms with Gasteiger partial charge in [-0.1, -0.05) is 23.2 Å². The maximum Gasteiger partial charge on any atom is 0.347 e. The van der Waals surface area contributed by atoms with E-state index in [1.54, 1.807) is 24.3 Å². The minimum atomic E-state index is -0.737. The van der Waals surface area contributed by atoms with Crippen molar-refractivity contribution >= 4 is 46.7 Å². The van der Waals surface area contributed by atoms with E-state index in [9.17, 15) is 9.59 Å². The molecule has 0 radical (unpaired) electrons. The molecular weight excluding hydrogens is 325 g/mol. The fourth-order valence-electron chi connectivity index (χ4n) is 2.11. The molecule has 1 aliphatic heterocycles. The van der Waals surface area contributed by atoms with Gasteiger partial charge in [-0.05, 0) is 48.0 Å². The number of nitrogens with two attached hydrogens (primary N) is 1. The van der Waals surface area contributed by atoms with Crippen molar-refractivity contribution < 1.29 is 14.3 Å². The number of rotatable bonds is 1. The molecule has 0 spiro atoms. The highest BCUT2D eigenvalue weighted by Crippen LogP contribution is 2.32. The lowest BCUT2D eigenvalue weighted by Crippen LogP contribution is -2.25. The molecule has 6 heteroatoms. The third kappa shape index (κ3) is 2.58. The number of benzene rings is 2. The zero-order valence-corrected chi connectivity index (χ0v) is 12.6. The molecule has 2 aromatic carbocycles. The Kier molecular flexibility index (Phi) is 3.64. The van der Waals surface area contributed by atoms with Gasteiger partial charge in [-0.15, -0.1) is 0 Å². The van der Waals surface area contributed by atoms with Gasteiger partial charge in [-0.2, -0.15) is 0 Å². The van der Waals surface area contributed by atoms with Crippen LogP contribution in [0.3, 0.4) is 0 Å². The first-order chi connectivity index (χ1) is 10.5. The number of fused-ring (bicyclic) bond motifs is 1. The minimum absolute atomic E-state index is 0.122. The Morgan fingerprint density at radius 3 is 2.45 bits per heavy atom. The van der Waals surface area contributed by atoms with E-state index in [1.807, 2.05) is 0 Å². The Balaban J connectivity index is 2.11. The van der Waals surface area contributed by atoms with E-state index >= 15 is 0 Å². The molecule has 0 amide bonds. The molecule has 0 fully saturated rings. The highest BCUT2D eigenvalue weighted by molar-refractivity contribution is 6.34. The van der Waals surface area contributed by atoms with E-state index in [2.05, 4.69) is 0 Å². The van der Waals surface area contributed by atoms with Crippen LogP contribution in [0.5, 0.6) is 5.75 Å². The number of ether oxygens (including phenoxy) is 1. The first-order valence-corrected chi connectivity index (χ1v) is 7.04. The molecule has 4 nitrogen and oxygen atoms in total. The van der Waals surface area contributed by atoms with Crippen LogP contribution in [-0.4, -0.2) is 11.8 Å². The molecule has 0 atom stereocenters. The molecule has 0 bridgehead atoms. The molecule has 2 aromatic rings. The Labute approximate surface area is 136 Å². The number of carbonyl (C=O) groups is 2. The molecule has 0 aromatic heterocycles. The van der Waals surface area contributed by atoms with Crippen molar-refractivity contribution in [2.45, 2.75) is 0 Å². The van der Waals surface area contributed by atoms with Crippen LogP contribution in [0.4, 0.5) is 5.69 Å². The van der Waals surface area contributed by atoms with Crippen molar-refractivity contribution in [3.8, 4) is 5.75 Å². The lowest BCUT2D eigenvalue weighted by molar-refractivity contribution is -0.130. The lowest BCUT2D eigenvalue weighted by atomic mass is 9.97. The molecule has 0 unspecified atom stereocenters. The third-order valence-corrected chi connectivity index (χ3v) is 3.67. The fraction of sp³-hybridized carbons (Fsp3) is 0. The SMILES string of the molecule is Nc1ccc(Cl)cc1/C=C1\C(=O)Oc2ccc(Cl)cc2C1=O. The maximum atomic E-state index is 12.5. The van der Waals surface area contributed by atoms with Gasteiger partial charge in [0.1, 0.15) is 11.3 Å². The van der Waals surface area contributed by atoms with Gasteiger partial charge < -0.3 is 10.5 Å². The monoisotopic (exact) mass is 333 g/mol. The number of ketones is 1. The molecule has 1 heterocycles. The van der Waals surface area contributed by atoms with Crippen molar-refractivity contribution in [3.05, 3.63) is 63.1 Å². The normalized spacial score (nSPS) is 15.6. The van der Waals surface area contributed by atoms with Crippen molar-refractivity contribution in [2.24, 2.45) is 0 Å². The molecule has 3 rings (SSSR count). The van der Waals surface area contributed by atoms with Crippen molar-refractivity contribution in [3.63, 3.8) is 0 Å². The van der Waals surface area contributed by atoms with Gasteiger partial charge in [-0.3, -0.25) is 4.79 Å². The molecule has 2 N–H and O–H groups in total. The van der Waals surface area contributed by atoms with Crippen molar-refractivity contribution in [1.82, 2.24) is 0 Å². The summed E-state index contributed by atoms with van der Waals surface area (Å²) in [5, 5.41) is 0.827. The summed E-state index contributed by atoms with van der Waals surface area (Å²) < 4.78 is 5.15. The number of Topliss-reactive ketones (excluding diaryl/α,β-unsaturated/α-hetero) is 1. The summed E-state index contributed by atoms with van der Waals surface area (Å²) in [6, 6.07) is 9.27. The van der Waals surface area contributed by atoms with E-state index in [1.165, 1.54) is 18.2 Å². The second-order valence-electron chi connectivity index (χ2n) is 4.69. The zero-order chi connectivity index (χ0) is 15.9. The number of hydrogen-bond donors (Lipinski definition) is 1. The van der Waals surface area contributed by atoms with Gasteiger partial charge in [0.25, 0.3) is 0 Å². The smallest absolute Gasteiger partial charge is 0.347 e. The number of esters is 1. The van der Waals surface area contributed by atoms with Gasteiger partial charge in [0, 0.05) is 15.7 Å². The Morgan fingerprint density at radius 1 is 1.00 bits per heavy atom. The highest BCUT2D eigenvalue weighted by atomic mass is 35.5. The molecule has 0 aliphatic carbocycles. The molecule has 0 saturated heterocycles. The van der Waals surface area contributed by atoms with Gasteiger partial charge in [0.05, 0.1) is 5.56 Å². The Hall–Kier alpha value is -2.30. The summed E-state index contributed by atoms with van der Waals surface area (Å²) in [7, 11) is 0. The summed E-state index contributed by atoms with van der Waals surface area (Å²) in [4.78, 5) is 24.5. The summed E-state index contributed by atoms with van der Waals surface area (Å²) in [5.41, 5.74) is 6.81. The fourth-order valence-corrected chi connectivity index (χ4v) is 2.46. The highest BCUT2D eigenvalue weighted by Gasteiger charge is 2.31. The number of nitrogen functional groups attached to an aromatic ring is 1. The molecule has 0 saturated carbocycles. The number of halogens is 2. The van der Waals surface area contributed by atoms with E-state index in [0.717, 1.165) is 0 Å². The van der Waals surface area contributed by atoms with Crippen LogP contribution in [0.25, 0.3) is 6.08 Å². The maximum absolute atomic E-state index is 12.5. The first-order valence-electron chi connectivity index (χ1n) is 6.29. The second-order valence-corrected chi connectivity index (χ2v) is 5.56. The number of anilines is 1. The molecule has 22 heavy (non-hydrogen) atoms. The summed E-state index contributed by atoms with van der Waals surface area (Å²) in [5.74, 6) is -1.01. The Bertz CT molecular complexity index is 843. The zero-order valence-electron chi connectivity index (χ0n) is 11.1. The lowest BCUT2D eigenvalue weighted by Gasteiger charge is -2.17. The average molecular weight is 334 g/mol. The van der Waals surface area contributed by atoms with E-state index in [0.29, 0.717) is 21.3 Å². The van der Waals surface area contributed by atoms with E-state index in [-0.39, 0.29) is 16.9 Å². The van der Waals surface area contributed by atoms with Crippen LogP contribution in [0, 0.1) is 0 Å². The van der Waals surface area contributed by atoms with E-state index in [4.69, 9.17) is 33.7 Å². The van der Waals surface area contributed by atoms with Crippen LogP contribution in [0.15, 0.2) is 42.0 Å². The van der Waals surface area contributed by atoms with Crippen LogP contribution in [0.1, 0.15) is 15.9 Å². The largest absolute Gasteiger partial charge is 0.422 e. The van der Waals surface area contributed by atoms with Crippen LogP contribution in [0.2, 0.25) is 10.0 Å². The average Bonchev–Trinajstić information content (AvgIpc) is 2.48. The topological polar surface area (TPSA) is 69.4 Å². The molecular formula is C16H9Cl2NO3. The van der Waals surface area contributed by atoms with Gasteiger partial charge in [0.2, 0.25) is 5.78 Å². The summed E-state index contributed by atoms with van der Waals surface area (Å²) >= 11 is 11.8. The molecule has 1 aliphatic rings. The minimum Gasteiger partial charge on any atom is -0.422 e. The quantitative estimate of drug-likeness (QED) is 0.283. The van der Waals surface area contributed by atoms with Crippen LogP contribution < -0.4 is 10.5 Å². The van der Waals surface area contributed by atoms with Gasteiger partial charge >= 0.3 is 5.97 Å². The third-order valence-electron chi connectivity index (χ3n) is 3.20. The predicted octanol–water partition coefficient (Wildman–Crippen LogP) is 3.76. The van der Waals surface area contributed by atoms with Crippen LogP contribution in [-0.2, 0) is 4.79 Å². The summed E-state index contributed by atoms with van der Waals surface area (Å²) in [6.07, 6.45) is 1.37. The number of carbonyl (C=O) groups excluding carboxylic acids is 2. The van der Waals surface area contributed by atoms with E-state index < -0.39 is 11.8 Å². The second kappa shape index (κ2) is 5.48. The summed E-state index contributed by atoms with van der Waals surface area (Å²) in [6.45, 7) is 0. The standard InChI is InChI=1S/C16H9Cl2NO3/c17-9-1-3-13(19)8(5-9)6-12-15(20)11-7-10(18)2-4-14(11)22-16(12)21/h1-7H,19H2/b12-6-. The number of hydrogen-bond acceptors (Lipinski definition) is 4. The van der Waals surface area contributed by atoms with Crippen LogP contribution >= 0.6 is 23.2 Å². The van der Waals surface area contributed by atoms with Gasteiger partial charge in [-0.25, -0.2) is 4.79 Å².